The first-order chi connectivity index (χ1) is 32.7. The fourth-order valence-corrected chi connectivity index (χ4v) is 13.1. The van der Waals surface area contributed by atoms with Crippen LogP contribution in [-0.4, -0.2) is 102 Å². The first kappa shape index (κ1) is 44.7. The largest absolute Gasteiger partial charge is 0.468 e. The summed E-state index contributed by atoms with van der Waals surface area (Å²) in [6.07, 6.45) is 11.1. The molecular weight excluding hydrogens is 885 g/mol. The van der Waals surface area contributed by atoms with Gasteiger partial charge in [-0.1, -0.05) is 24.3 Å². The highest BCUT2D eigenvalue weighted by atomic mass is 32.2. The number of aryl methyl sites for hydroxylation is 1. The zero-order valence-electron chi connectivity index (χ0n) is 38.7. The molecule has 0 unspecified atom stereocenters. The van der Waals surface area contributed by atoms with Gasteiger partial charge in [-0.25, -0.2) is 13.1 Å². The Bertz CT molecular complexity index is 2860. The third kappa shape index (κ3) is 8.34. The van der Waals surface area contributed by atoms with Crippen molar-refractivity contribution in [3.05, 3.63) is 106 Å². The topological polar surface area (TPSA) is 196 Å². The number of hydrogen-bond donors (Lipinski definition) is 4. The number of carbonyl (C=O) groups excluding carboxylic acids is 1. The summed E-state index contributed by atoms with van der Waals surface area (Å²) in [6, 6.07) is 22.6. The van der Waals surface area contributed by atoms with Gasteiger partial charge < -0.3 is 34.7 Å². The summed E-state index contributed by atoms with van der Waals surface area (Å²) in [7, 11) is -4.61. The number of likely N-dealkylation sites (tertiary alicyclic amines) is 1. The van der Waals surface area contributed by atoms with Gasteiger partial charge in [0.05, 0.1) is 45.9 Å². The fourth-order valence-electron chi connectivity index (χ4n) is 12.1. The molecule has 2 saturated carbocycles. The quantitative estimate of drug-likeness (QED) is 0.0733. The second kappa shape index (κ2) is 17.3. The highest BCUT2D eigenvalue weighted by molar-refractivity contribution is 7.90. The van der Waals surface area contributed by atoms with E-state index in [2.05, 4.69) is 56.0 Å². The van der Waals surface area contributed by atoms with Gasteiger partial charge in [0.25, 0.3) is 21.6 Å². The van der Waals surface area contributed by atoms with Crippen molar-refractivity contribution in [2.45, 2.75) is 113 Å². The number of hydrogen-bond acceptors (Lipinski definition) is 13. The fraction of sp³-hybridized carbons (Fsp3) is 0.490. The van der Waals surface area contributed by atoms with Gasteiger partial charge in [-0.2, -0.15) is 4.98 Å². The van der Waals surface area contributed by atoms with Crippen molar-refractivity contribution in [1.82, 2.24) is 19.6 Å². The average Bonchev–Trinajstić information content (AvgIpc) is 4.11. The number of nitrogens with one attached hydrogen (secondary N) is 3. The van der Waals surface area contributed by atoms with Crippen LogP contribution >= 0.6 is 0 Å². The summed E-state index contributed by atoms with van der Waals surface area (Å²) in [5.74, 6) is -0.310. The molecule has 4 N–H and O–H groups in total. The van der Waals surface area contributed by atoms with Crippen LogP contribution in [0.1, 0.15) is 98.7 Å². The number of ether oxygens (including phenoxy) is 2. The number of anilines is 4. The summed E-state index contributed by atoms with van der Waals surface area (Å²) in [6.45, 7) is 7.94. The average molecular weight is 945 g/mol. The molecule has 6 aliphatic rings. The lowest BCUT2D eigenvalue weighted by Crippen LogP contribution is -2.55. The number of carbonyl (C=O) groups is 1. The maximum Gasteiger partial charge on any atom is 0.293 e. The minimum absolute atomic E-state index is 0.105. The highest BCUT2D eigenvalue weighted by Crippen LogP contribution is 2.54. The molecule has 4 aliphatic heterocycles. The third-order valence-corrected chi connectivity index (χ3v) is 17.5. The minimum Gasteiger partial charge on any atom is -0.468 e. The van der Waals surface area contributed by atoms with E-state index in [0.29, 0.717) is 73.0 Å². The predicted octanol–water partition coefficient (Wildman–Crippen LogP) is 8.14. The predicted molar refractivity (Wildman–Crippen MR) is 259 cm³/mol. The van der Waals surface area contributed by atoms with Crippen LogP contribution in [0.25, 0.3) is 11.0 Å². The van der Waals surface area contributed by atoms with E-state index in [0.717, 1.165) is 62.5 Å². The number of nitro groups is 1. The van der Waals surface area contributed by atoms with Gasteiger partial charge in [0.15, 0.2) is 0 Å². The Balaban J connectivity index is 0.861. The van der Waals surface area contributed by atoms with E-state index in [4.69, 9.17) is 14.5 Å². The second-order valence-corrected chi connectivity index (χ2v) is 22.2. The van der Waals surface area contributed by atoms with Crippen LogP contribution in [0.15, 0.2) is 83.9 Å². The van der Waals surface area contributed by atoms with Crippen LogP contribution in [0, 0.1) is 28.4 Å². The molecule has 2 aromatic heterocycles. The number of pyridine rings is 1. The molecular formula is C51H60N8O8S. The van der Waals surface area contributed by atoms with E-state index < -0.39 is 43.1 Å². The van der Waals surface area contributed by atoms with Crippen LogP contribution in [0.5, 0.6) is 5.88 Å². The zero-order valence-corrected chi connectivity index (χ0v) is 39.5. The van der Waals surface area contributed by atoms with Crippen molar-refractivity contribution in [2.24, 2.45) is 11.3 Å². The lowest BCUT2D eigenvalue weighted by molar-refractivity contribution is -0.384. The standard InChI is InChI=1S/C51H60N8O8S/c1-32-6-3-4-7-38(32)41-8-5-21-57(41)36-27-51(28-36)18-22-56(23-19-51)35-9-11-39(42(25-35)58-44-24-34-15-20-52-47(34)54-49(44)67-46-31-66-30-45(46)58)48(60)55-68(64,65)37-10-12-40(43(26-37)59(62)63)53-29-33-13-16-50(2,61)17-14-33/h3-4,6-7,9-12,15,20,24-26,33,36,41,45-46,53,61H,5,8,13-14,16-19,21-23,27-31H2,1-2H3,(H,52,54)(H,55,60)/t33?,41-,45+,46+,50?/m0/s1. The van der Waals surface area contributed by atoms with Crippen LogP contribution in [0.3, 0.4) is 0 Å². The van der Waals surface area contributed by atoms with Gasteiger partial charge >= 0.3 is 0 Å². The lowest BCUT2D eigenvalue weighted by atomic mass is 9.59. The summed E-state index contributed by atoms with van der Waals surface area (Å²) in [4.78, 5) is 41.0. The molecule has 68 heavy (non-hydrogen) atoms. The van der Waals surface area contributed by atoms with Crippen LogP contribution < -0.4 is 24.6 Å². The van der Waals surface area contributed by atoms with Crippen molar-refractivity contribution in [3.8, 4) is 5.88 Å². The third-order valence-electron chi connectivity index (χ3n) is 16.1. The maximum atomic E-state index is 14.6. The molecule has 17 heteroatoms. The summed E-state index contributed by atoms with van der Waals surface area (Å²) < 4.78 is 42.9. The number of amides is 1. The molecule has 16 nitrogen and oxygen atoms in total. The summed E-state index contributed by atoms with van der Waals surface area (Å²) >= 11 is 0. The van der Waals surface area contributed by atoms with Crippen molar-refractivity contribution in [3.63, 3.8) is 0 Å². The second-order valence-electron chi connectivity index (χ2n) is 20.6. The van der Waals surface area contributed by atoms with Crippen molar-refractivity contribution in [1.29, 1.82) is 0 Å². The van der Waals surface area contributed by atoms with Crippen molar-refractivity contribution in [2.75, 3.05) is 54.5 Å². The van der Waals surface area contributed by atoms with E-state index in [-0.39, 0.29) is 23.2 Å². The molecule has 5 aromatic rings. The number of piperidine rings is 1. The highest BCUT2D eigenvalue weighted by Gasteiger charge is 2.50. The van der Waals surface area contributed by atoms with E-state index in [1.807, 2.05) is 36.1 Å². The van der Waals surface area contributed by atoms with E-state index >= 15 is 0 Å². The first-order valence-electron chi connectivity index (χ1n) is 24.3. The monoisotopic (exact) mass is 944 g/mol. The minimum atomic E-state index is -4.61. The Kier molecular flexibility index (Phi) is 11.4. The summed E-state index contributed by atoms with van der Waals surface area (Å²) in [5.41, 5.74) is 4.95. The van der Waals surface area contributed by atoms with Gasteiger partial charge in [-0.15, -0.1) is 0 Å². The molecule has 11 rings (SSSR count). The van der Waals surface area contributed by atoms with Gasteiger partial charge in [0.1, 0.15) is 23.1 Å². The van der Waals surface area contributed by atoms with Gasteiger partial charge in [0, 0.05) is 55.1 Å². The number of aliphatic hydroxyl groups is 1. The molecule has 5 fully saturated rings. The maximum absolute atomic E-state index is 14.6. The Hall–Kier alpha value is -5.75. The molecule has 3 saturated heterocycles. The molecule has 1 amide bonds. The Morgan fingerprint density at radius 1 is 0.971 bits per heavy atom. The molecule has 6 heterocycles. The number of benzene rings is 3. The molecule has 358 valence electrons. The number of rotatable bonds is 11. The number of nitrogens with zero attached hydrogens (tertiary/aromatic N) is 5. The van der Waals surface area contributed by atoms with E-state index in [9.17, 15) is 28.4 Å². The zero-order chi connectivity index (χ0) is 47.0. The molecule has 1 spiro atoms. The Morgan fingerprint density at radius 3 is 2.54 bits per heavy atom. The van der Waals surface area contributed by atoms with E-state index in [1.165, 1.54) is 48.9 Å². The number of aromatic nitrogens is 2. The number of nitro benzene ring substituents is 1. The van der Waals surface area contributed by atoms with Crippen LogP contribution in [0.2, 0.25) is 0 Å². The Labute approximate surface area is 396 Å². The summed E-state index contributed by atoms with van der Waals surface area (Å²) in [5, 5.41) is 26.7. The lowest BCUT2D eigenvalue weighted by Gasteiger charge is -2.56. The number of aromatic amines is 1. The SMILES string of the molecule is Cc1ccccc1[C@@H]1CCCN1C1CC2(CCN(c3ccc(C(=O)NS(=O)(=O)c4ccc(NCC5CCC(C)(O)CC5)c([N+](=O)[O-])c4)c(N4c5cc6cc[nH]c6nc5O[C@@H]5COC[C@H]54)c3)CC2)C1. The van der Waals surface area contributed by atoms with Crippen molar-refractivity contribution >= 4 is 55.4 Å². The molecule has 0 radical (unpaired) electrons. The smallest absolute Gasteiger partial charge is 0.293 e. The first-order valence-corrected chi connectivity index (χ1v) is 25.8. The molecule has 3 aromatic carbocycles. The number of sulfonamides is 1. The van der Waals surface area contributed by atoms with Crippen molar-refractivity contribution < 1.29 is 32.7 Å². The van der Waals surface area contributed by atoms with E-state index in [1.54, 1.807) is 12.3 Å². The van der Waals surface area contributed by atoms with Crippen LogP contribution in [0.4, 0.5) is 28.4 Å². The normalized spacial score (nSPS) is 26.0. The van der Waals surface area contributed by atoms with Gasteiger partial charge in [-0.3, -0.25) is 19.8 Å². The van der Waals surface area contributed by atoms with Crippen LogP contribution in [-0.2, 0) is 14.8 Å². The number of H-pyrrole nitrogens is 1. The number of fused-ring (bicyclic) bond motifs is 3. The Morgan fingerprint density at radius 2 is 1.76 bits per heavy atom. The molecule has 2 aliphatic carbocycles. The van der Waals surface area contributed by atoms with Gasteiger partial charge in [-0.05, 0) is 150 Å². The molecule has 3 atom stereocenters. The molecule has 0 bridgehead atoms. The van der Waals surface area contributed by atoms with Gasteiger partial charge in [0.2, 0.25) is 5.88 Å².